The topological polar surface area (TPSA) is 52.4 Å². The first-order chi connectivity index (χ1) is 10.1. The van der Waals surface area contributed by atoms with Crippen LogP contribution in [0.3, 0.4) is 0 Å². The van der Waals surface area contributed by atoms with E-state index in [4.69, 9.17) is 4.74 Å². The highest BCUT2D eigenvalue weighted by Crippen LogP contribution is 2.39. The fraction of sp³-hybridized carbons (Fsp3) is 0.125. The maximum atomic E-state index is 12.9. The van der Waals surface area contributed by atoms with Gasteiger partial charge in [0.25, 0.3) is 0 Å². The summed E-state index contributed by atoms with van der Waals surface area (Å²) < 4.78 is 18.6. The maximum absolute atomic E-state index is 12.9. The van der Waals surface area contributed by atoms with Crippen molar-refractivity contribution in [2.24, 2.45) is 0 Å². The molecule has 1 aliphatic rings. The number of nitrogens with zero attached hydrogens (tertiary/aromatic N) is 1. The van der Waals surface area contributed by atoms with Crippen LogP contribution in [0.1, 0.15) is 22.8 Å². The number of hydrogen-bond donors (Lipinski definition) is 0. The van der Waals surface area contributed by atoms with E-state index < -0.39 is 6.10 Å². The zero-order chi connectivity index (χ0) is 14.8. The molecule has 0 saturated heterocycles. The number of nitro groups is 1. The number of hydrogen-bond acceptors (Lipinski definition) is 3. The number of fused-ring (bicyclic) bond motifs is 1. The SMILES string of the molecule is O=[N+]([O-])CC1O/C(=C\c2ccc(F)cc2)c2ccccc21. The molecule has 3 rings (SSSR count). The second-order valence-electron chi connectivity index (χ2n) is 4.77. The summed E-state index contributed by atoms with van der Waals surface area (Å²) in [5.41, 5.74) is 2.43. The first-order valence-electron chi connectivity index (χ1n) is 6.48. The number of rotatable bonds is 3. The van der Waals surface area contributed by atoms with Crippen molar-refractivity contribution in [2.45, 2.75) is 6.10 Å². The van der Waals surface area contributed by atoms with Crippen LogP contribution in [0.4, 0.5) is 4.39 Å². The highest BCUT2D eigenvalue weighted by molar-refractivity contribution is 5.81. The summed E-state index contributed by atoms with van der Waals surface area (Å²) >= 11 is 0. The number of ether oxygens (including phenoxy) is 1. The Morgan fingerprint density at radius 3 is 2.62 bits per heavy atom. The van der Waals surface area contributed by atoms with Crippen LogP contribution in [-0.4, -0.2) is 11.5 Å². The Morgan fingerprint density at radius 2 is 1.90 bits per heavy atom. The van der Waals surface area contributed by atoms with E-state index in [1.165, 1.54) is 12.1 Å². The van der Waals surface area contributed by atoms with Crippen LogP contribution in [0.15, 0.2) is 48.5 Å². The zero-order valence-corrected chi connectivity index (χ0v) is 11.0. The molecule has 1 heterocycles. The molecule has 106 valence electrons. The molecule has 0 N–H and O–H groups in total. The Hall–Kier alpha value is -2.69. The van der Waals surface area contributed by atoms with E-state index in [1.54, 1.807) is 18.2 Å². The molecule has 5 heteroatoms. The molecule has 0 radical (unpaired) electrons. The van der Waals surface area contributed by atoms with Crippen LogP contribution in [0.5, 0.6) is 0 Å². The molecule has 0 aliphatic carbocycles. The summed E-state index contributed by atoms with van der Waals surface area (Å²) in [4.78, 5) is 10.3. The molecule has 4 nitrogen and oxygen atoms in total. The van der Waals surface area contributed by atoms with E-state index in [9.17, 15) is 14.5 Å². The average molecular weight is 285 g/mol. The molecule has 2 aromatic carbocycles. The first-order valence-corrected chi connectivity index (χ1v) is 6.48. The largest absolute Gasteiger partial charge is 0.478 e. The van der Waals surface area contributed by atoms with Gasteiger partial charge in [-0.3, -0.25) is 10.1 Å². The third kappa shape index (κ3) is 2.76. The third-order valence-corrected chi connectivity index (χ3v) is 3.33. The van der Waals surface area contributed by atoms with Crippen LogP contribution in [0, 0.1) is 15.9 Å². The van der Waals surface area contributed by atoms with Gasteiger partial charge in [0.2, 0.25) is 6.54 Å². The summed E-state index contributed by atoms with van der Waals surface area (Å²) in [6, 6.07) is 13.4. The zero-order valence-electron chi connectivity index (χ0n) is 11.0. The summed E-state index contributed by atoms with van der Waals surface area (Å²) in [6.07, 6.45) is 1.18. The van der Waals surface area contributed by atoms with Gasteiger partial charge < -0.3 is 4.74 Å². The molecule has 0 saturated carbocycles. The van der Waals surface area contributed by atoms with Crippen LogP contribution in [0.25, 0.3) is 11.8 Å². The van der Waals surface area contributed by atoms with Gasteiger partial charge in [-0.15, -0.1) is 0 Å². The molecule has 0 aromatic heterocycles. The maximum Gasteiger partial charge on any atom is 0.244 e. The van der Waals surface area contributed by atoms with E-state index in [0.717, 1.165) is 16.7 Å². The lowest BCUT2D eigenvalue weighted by atomic mass is 10.0. The van der Waals surface area contributed by atoms with Crippen molar-refractivity contribution in [3.05, 3.63) is 81.2 Å². The van der Waals surface area contributed by atoms with Gasteiger partial charge in [-0.2, -0.15) is 0 Å². The molecule has 21 heavy (non-hydrogen) atoms. The average Bonchev–Trinajstić information content (AvgIpc) is 2.79. The molecule has 0 amide bonds. The minimum absolute atomic E-state index is 0.280. The lowest BCUT2D eigenvalue weighted by Crippen LogP contribution is -2.11. The summed E-state index contributed by atoms with van der Waals surface area (Å²) in [6.45, 7) is -0.280. The Labute approximate surface area is 120 Å². The summed E-state index contributed by atoms with van der Waals surface area (Å²) in [7, 11) is 0. The van der Waals surface area contributed by atoms with Crippen molar-refractivity contribution in [3.63, 3.8) is 0 Å². The van der Waals surface area contributed by atoms with Crippen LogP contribution in [0.2, 0.25) is 0 Å². The minimum atomic E-state index is -0.581. The van der Waals surface area contributed by atoms with Crippen molar-refractivity contribution in [2.75, 3.05) is 6.54 Å². The predicted molar refractivity (Wildman–Crippen MR) is 76.4 cm³/mol. The van der Waals surface area contributed by atoms with Crippen LogP contribution >= 0.6 is 0 Å². The van der Waals surface area contributed by atoms with E-state index >= 15 is 0 Å². The highest BCUT2D eigenvalue weighted by Gasteiger charge is 2.31. The highest BCUT2D eigenvalue weighted by atomic mass is 19.1. The number of benzene rings is 2. The monoisotopic (exact) mass is 285 g/mol. The second-order valence-corrected chi connectivity index (χ2v) is 4.77. The minimum Gasteiger partial charge on any atom is -0.478 e. The quantitative estimate of drug-likeness (QED) is 0.638. The number of halogens is 1. The normalized spacial score (nSPS) is 18.3. The van der Waals surface area contributed by atoms with E-state index in [-0.39, 0.29) is 17.3 Å². The molecule has 1 aliphatic heterocycles. The fourth-order valence-corrected chi connectivity index (χ4v) is 2.38. The Balaban J connectivity index is 1.97. The molecule has 1 atom stereocenters. The second kappa shape index (κ2) is 5.36. The van der Waals surface area contributed by atoms with Gasteiger partial charge in [-0.05, 0) is 23.8 Å². The van der Waals surface area contributed by atoms with Gasteiger partial charge in [0.1, 0.15) is 11.6 Å². The Morgan fingerprint density at radius 1 is 1.19 bits per heavy atom. The molecule has 0 bridgehead atoms. The van der Waals surface area contributed by atoms with E-state index in [2.05, 4.69) is 0 Å². The standard InChI is InChI=1S/C16H12FNO3/c17-12-7-5-11(6-8-12)9-15-13-3-1-2-4-14(13)16(21-15)10-18(19)20/h1-9,16H,10H2/b15-9-. The van der Waals surface area contributed by atoms with Gasteiger partial charge in [0.15, 0.2) is 6.10 Å². The van der Waals surface area contributed by atoms with E-state index in [1.807, 2.05) is 24.3 Å². The molecule has 2 aromatic rings. The first kappa shape index (κ1) is 13.3. The Kier molecular flexibility index (Phi) is 3.39. The lowest BCUT2D eigenvalue weighted by Gasteiger charge is -2.06. The lowest BCUT2D eigenvalue weighted by molar-refractivity contribution is -0.490. The van der Waals surface area contributed by atoms with Crippen LogP contribution < -0.4 is 0 Å². The van der Waals surface area contributed by atoms with Crippen molar-refractivity contribution >= 4 is 11.8 Å². The Bertz CT molecular complexity index is 710. The smallest absolute Gasteiger partial charge is 0.244 e. The van der Waals surface area contributed by atoms with Crippen LogP contribution in [-0.2, 0) is 4.74 Å². The molecule has 0 fully saturated rings. The molecular weight excluding hydrogens is 273 g/mol. The third-order valence-electron chi connectivity index (χ3n) is 3.33. The van der Waals surface area contributed by atoms with Gasteiger partial charge in [0, 0.05) is 16.1 Å². The van der Waals surface area contributed by atoms with Gasteiger partial charge in [-0.25, -0.2) is 4.39 Å². The van der Waals surface area contributed by atoms with Crippen molar-refractivity contribution in [1.82, 2.24) is 0 Å². The van der Waals surface area contributed by atoms with Crippen molar-refractivity contribution in [3.8, 4) is 0 Å². The van der Waals surface area contributed by atoms with Crippen molar-refractivity contribution in [1.29, 1.82) is 0 Å². The fourth-order valence-electron chi connectivity index (χ4n) is 2.38. The molecule has 0 spiro atoms. The summed E-state index contributed by atoms with van der Waals surface area (Å²) in [5.74, 6) is 0.264. The molecular formula is C16H12FNO3. The molecule has 1 unspecified atom stereocenters. The summed E-state index contributed by atoms with van der Waals surface area (Å²) in [5, 5.41) is 10.7. The van der Waals surface area contributed by atoms with Gasteiger partial charge in [0.05, 0.1) is 0 Å². The van der Waals surface area contributed by atoms with Crippen molar-refractivity contribution < 1.29 is 14.1 Å². The van der Waals surface area contributed by atoms with Gasteiger partial charge in [-0.1, -0.05) is 36.4 Å². The predicted octanol–water partition coefficient (Wildman–Crippen LogP) is 3.67. The van der Waals surface area contributed by atoms with E-state index in [0.29, 0.717) is 5.76 Å². The van der Waals surface area contributed by atoms with Gasteiger partial charge >= 0.3 is 0 Å².